The van der Waals surface area contributed by atoms with Crippen LogP contribution in [0.1, 0.15) is 23.6 Å². The van der Waals surface area contributed by atoms with Crippen molar-refractivity contribution in [2.24, 2.45) is 0 Å². The van der Waals surface area contributed by atoms with Crippen molar-refractivity contribution in [1.29, 1.82) is 0 Å². The Morgan fingerprint density at radius 3 is 2.32 bits per heavy atom. The molecule has 0 spiro atoms. The number of carbonyl (C=O) groups excluding carboxylic acids is 2. The minimum absolute atomic E-state index is 0.00733. The Morgan fingerprint density at radius 1 is 1.06 bits per heavy atom. The summed E-state index contributed by atoms with van der Waals surface area (Å²) in [4.78, 5) is 28.0. The number of carbonyl (C=O) groups is 2. The van der Waals surface area contributed by atoms with Gasteiger partial charge in [-0.25, -0.2) is 0 Å². The number of quaternary nitrogens is 1. The number of piperazine rings is 1. The van der Waals surface area contributed by atoms with E-state index in [1.165, 1.54) is 4.90 Å². The number of hydrogen-bond acceptors (Lipinski definition) is 3. The lowest BCUT2D eigenvalue weighted by Crippen LogP contribution is -3.15. The van der Waals surface area contributed by atoms with Gasteiger partial charge in [-0.2, -0.15) is 0 Å². The normalized spacial score (nSPS) is 14.6. The highest BCUT2D eigenvalue weighted by Crippen LogP contribution is 2.19. The van der Waals surface area contributed by atoms with Crippen LogP contribution in [-0.2, 0) is 9.59 Å². The van der Waals surface area contributed by atoms with Gasteiger partial charge >= 0.3 is 0 Å². The first-order chi connectivity index (χ1) is 15.0. The average molecular weight is 423 g/mol. The van der Waals surface area contributed by atoms with Crippen LogP contribution in [0.5, 0.6) is 5.75 Å². The molecule has 1 aliphatic rings. The second-order valence-corrected chi connectivity index (χ2v) is 7.90. The summed E-state index contributed by atoms with van der Waals surface area (Å²) in [6.45, 7) is 9.84. The molecule has 1 saturated heterocycles. The molecule has 2 aromatic carbocycles. The van der Waals surface area contributed by atoms with Gasteiger partial charge in [0.2, 0.25) is 5.91 Å². The van der Waals surface area contributed by atoms with Crippen LogP contribution in [0, 0.1) is 13.8 Å². The summed E-state index contributed by atoms with van der Waals surface area (Å²) in [5.41, 5.74) is 4.00. The molecular formula is C25H32N3O3+. The maximum Gasteiger partial charge on any atom is 0.279 e. The average Bonchev–Trinajstić information content (AvgIpc) is 2.76. The molecule has 2 aromatic rings. The van der Waals surface area contributed by atoms with Gasteiger partial charge in [-0.15, -0.1) is 0 Å². The van der Waals surface area contributed by atoms with Crippen molar-refractivity contribution in [3.8, 4) is 5.75 Å². The van der Waals surface area contributed by atoms with Crippen LogP contribution in [0.15, 0.2) is 48.5 Å². The Kier molecular flexibility index (Phi) is 7.84. The molecule has 164 valence electrons. The van der Waals surface area contributed by atoms with E-state index in [9.17, 15) is 9.59 Å². The van der Waals surface area contributed by atoms with Gasteiger partial charge in [0.25, 0.3) is 5.91 Å². The van der Waals surface area contributed by atoms with E-state index >= 15 is 0 Å². The molecule has 1 heterocycles. The van der Waals surface area contributed by atoms with Gasteiger partial charge in [0.1, 0.15) is 5.75 Å². The van der Waals surface area contributed by atoms with E-state index in [4.69, 9.17) is 4.74 Å². The number of nitrogens with zero attached hydrogens (tertiary/aromatic N) is 1. The molecule has 6 heteroatoms. The van der Waals surface area contributed by atoms with Crippen LogP contribution >= 0.6 is 0 Å². The maximum absolute atomic E-state index is 12.5. The Morgan fingerprint density at radius 2 is 1.71 bits per heavy atom. The van der Waals surface area contributed by atoms with Crippen molar-refractivity contribution < 1.29 is 19.2 Å². The Balaban J connectivity index is 1.45. The van der Waals surface area contributed by atoms with Gasteiger partial charge in [-0.3, -0.25) is 9.59 Å². The summed E-state index contributed by atoms with van der Waals surface area (Å²) >= 11 is 0. The predicted octanol–water partition coefficient (Wildman–Crippen LogP) is 2.08. The predicted molar refractivity (Wildman–Crippen MR) is 123 cm³/mol. The van der Waals surface area contributed by atoms with Gasteiger partial charge in [-0.05, 0) is 55.7 Å². The molecule has 0 radical (unpaired) electrons. The fourth-order valence-corrected chi connectivity index (χ4v) is 3.76. The van der Waals surface area contributed by atoms with Gasteiger partial charge < -0.3 is 19.9 Å². The van der Waals surface area contributed by atoms with Crippen LogP contribution in [0.4, 0.5) is 5.69 Å². The van der Waals surface area contributed by atoms with Crippen LogP contribution in [0.25, 0.3) is 6.08 Å². The van der Waals surface area contributed by atoms with E-state index in [2.05, 4.69) is 5.32 Å². The summed E-state index contributed by atoms with van der Waals surface area (Å²) in [5.74, 6) is 0.849. The molecule has 31 heavy (non-hydrogen) atoms. The summed E-state index contributed by atoms with van der Waals surface area (Å²) in [6, 6.07) is 13.7. The molecule has 3 rings (SSSR count). The molecule has 0 atom stereocenters. The van der Waals surface area contributed by atoms with Crippen LogP contribution in [-0.4, -0.2) is 56.0 Å². The second kappa shape index (κ2) is 10.8. The van der Waals surface area contributed by atoms with Crippen molar-refractivity contribution in [3.63, 3.8) is 0 Å². The minimum atomic E-state index is 0.00733. The Hall–Kier alpha value is -3.12. The fraction of sp³-hybridized carbons (Fsp3) is 0.360. The maximum atomic E-state index is 12.5. The molecule has 0 unspecified atom stereocenters. The second-order valence-electron chi connectivity index (χ2n) is 7.90. The lowest BCUT2D eigenvalue weighted by atomic mass is 10.1. The van der Waals surface area contributed by atoms with E-state index in [-0.39, 0.29) is 11.8 Å². The highest BCUT2D eigenvalue weighted by Gasteiger charge is 2.24. The molecular weight excluding hydrogens is 390 g/mol. The van der Waals surface area contributed by atoms with Gasteiger partial charge in [0.05, 0.1) is 32.8 Å². The largest absolute Gasteiger partial charge is 0.494 e. The van der Waals surface area contributed by atoms with Gasteiger partial charge in [-0.1, -0.05) is 30.3 Å². The number of anilines is 1. The first-order valence-electron chi connectivity index (χ1n) is 10.9. The number of ether oxygens (including phenoxy) is 1. The van der Waals surface area contributed by atoms with Gasteiger partial charge in [0, 0.05) is 11.8 Å². The quantitative estimate of drug-likeness (QED) is 0.672. The highest BCUT2D eigenvalue weighted by atomic mass is 16.5. The molecule has 0 aliphatic carbocycles. The highest BCUT2D eigenvalue weighted by molar-refractivity contribution is 5.93. The first kappa shape index (κ1) is 22.6. The number of hydrogen-bond donors (Lipinski definition) is 2. The third-order valence-electron chi connectivity index (χ3n) is 5.55. The minimum Gasteiger partial charge on any atom is -0.494 e. The van der Waals surface area contributed by atoms with Crippen LogP contribution in [0.2, 0.25) is 0 Å². The number of nitrogens with one attached hydrogen (secondary N) is 2. The zero-order valence-corrected chi connectivity index (χ0v) is 18.6. The molecule has 0 bridgehead atoms. The van der Waals surface area contributed by atoms with Crippen LogP contribution < -0.4 is 15.0 Å². The summed E-state index contributed by atoms with van der Waals surface area (Å²) in [5, 5.41) is 3.05. The molecule has 2 N–H and O–H groups in total. The monoisotopic (exact) mass is 422 g/mol. The first-order valence-corrected chi connectivity index (χ1v) is 10.9. The molecule has 1 aliphatic heterocycles. The number of benzene rings is 2. The van der Waals surface area contributed by atoms with E-state index in [1.54, 1.807) is 6.08 Å². The summed E-state index contributed by atoms with van der Waals surface area (Å²) in [7, 11) is 0. The van der Waals surface area contributed by atoms with E-state index < -0.39 is 0 Å². The number of aryl methyl sites for hydroxylation is 2. The standard InChI is InChI=1S/C25H31N3O3/c1-4-31-22-11-8-21(9-12-22)10-13-24(30)28-16-14-27(15-17-28)18-23(29)26-25-19(2)6-5-7-20(25)3/h5-13H,4,14-18H2,1-3H3,(H,26,29)/p+1/b13-10+. The molecule has 6 nitrogen and oxygen atoms in total. The number of para-hydroxylation sites is 1. The summed E-state index contributed by atoms with van der Waals surface area (Å²) in [6.07, 6.45) is 3.45. The Labute approximate surface area is 184 Å². The lowest BCUT2D eigenvalue weighted by Gasteiger charge is -2.31. The topological polar surface area (TPSA) is 63.1 Å². The van der Waals surface area contributed by atoms with E-state index in [1.807, 2.05) is 74.2 Å². The lowest BCUT2D eigenvalue weighted by molar-refractivity contribution is -0.895. The third-order valence-corrected chi connectivity index (χ3v) is 5.55. The van der Waals surface area contributed by atoms with Crippen molar-refractivity contribution in [2.45, 2.75) is 20.8 Å². The van der Waals surface area contributed by atoms with Crippen LogP contribution in [0.3, 0.4) is 0 Å². The van der Waals surface area contributed by atoms with Gasteiger partial charge in [0.15, 0.2) is 6.54 Å². The zero-order valence-electron chi connectivity index (χ0n) is 18.6. The third kappa shape index (κ3) is 6.43. The summed E-state index contributed by atoms with van der Waals surface area (Å²) < 4.78 is 5.43. The van der Waals surface area contributed by atoms with Crippen molar-refractivity contribution in [2.75, 3.05) is 44.6 Å². The Bertz CT molecular complexity index is 909. The van der Waals surface area contributed by atoms with Crippen molar-refractivity contribution in [3.05, 3.63) is 65.2 Å². The SMILES string of the molecule is CCOc1ccc(/C=C/C(=O)N2CC[NH+](CC(=O)Nc3c(C)cccc3C)CC2)cc1. The van der Waals surface area contributed by atoms with E-state index in [0.717, 1.165) is 41.2 Å². The smallest absolute Gasteiger partial charge is 0.279 e. The van der Waals surface area contributed by atoms with Crippen molar-refractivity contribution >= 4 is 23.6 Å². The fourth-order valence-electron chi connectivity index (χ4n) is 3.76. The zero-order chi connectivity index (χ0) is 22.2. The molecule has 0 saturated carbocycles. The molecule has 2 amide bonds. The molecule has 0 aromatic heterocycles. The van der Waals surface area contributed by atoms with Crippen molar-refractivity contribution in [1.82, 2.24) is 4.90 Å². The number of rotatable bonds is 7. The molecule has 1 fully saturated rings. The van der Waals surface area contributed by atoms with E-state index in [0.29, 0.717) is 26.2 Å². The number of amides is 2.